The zero-order chi connectivity index (χ0) is 16.7. The maximum atomic E-state index is 13.2. The smallest absolute Gasteiger partial charge is 0.280 e. The molecule has 126 valence electrons. The number of halogens is 1. The van der Waals surface area contributed by atoms with Crippen molar-refractivity contribution in [2.45, 2.75) is 38.8 Å². The number of nitrogens with zero attached hydrogens (tertiary/aromatic N) is 6. The first kappa shape index (κ1) is 15.4. The van der Waals surface area contributed by atoms with Crippen LogP contribution in [0.25, 0.3) is 0 Å². The van der Waals surface area contributed by atoms with Gasteiger partial charge in [-0.05, 0) is 26.2 Å². The molecule has 2 aromatic heterocycles. The van der Waals surface area contributed by atoms with E-state index < -0.39 is 0 Å². The number of carbonyl (C=O) groups is 1. The Bertz CT molecular complexity index is 770. The van der Waals surface area contributed by atoms with Crippen molar-refractivity contribution >= 4 is 29.3 Å². The Balaban J connectivity index is 1.71. The van der Waals surface area contributed by atoms with Gasteiger partial charge in [0.2, 0.25) is 5.95 Å². The second-order valence-corrected chi connectivity index (χ2v) is 6.69. The molecular weight excluding hydrogens is 328 g/mol. The van der Waals surface area contributed by atoms with Crippen LogP contribution >= 0.6 is 11.6 Å². The fourth-order valence-electron chi connectivity index (χ4n) is 3.36. The minimum atomic E-state index is -0.197. The van der Waals surface area contributed by atoms with Crippen molar-refractivity contribution in [1.29, 1.82) is 0 Å². The highest BCUT2D eigenvalue weighted by molar-refractivity contribution is 6.34. The molecule has 0 N–H and O–H groups in total. The van der Waals surface area contributed by atoms with Crippen molar-refractivity contribution in [3.05, 3.63) is 29.2 Å². The third-order valence-electron chi connectivity index (χ3n) is 4.68. The molecule has 2 aliphatic heterocycles. The second kappa shape index (κ2) is 6.05. The Morgan fingerprint density at radius 3 is 2.88 bits per heavy atom. The third kappa shape index (κ3) is 2.53. The molecule has 1 unspecified atom stereocenters. The molecule has 4 heterocycles. The van der Waals surface area contributed by atoms with Crippen LogP contribution in [-0.4, -0.2) is 44.8 Å². The van der Waals surface area contributed by atoms with E-state index in [1.165, 1.54) is 6.20 Å². The molecule has 1 atom stereocenters. The summed E-state index contributed by atoms with van der Waals surface area (Å²) >= 11 is 6.25. The maximum Gasteiger partial charge on any atom is 0.280 e. The van der Waals surface area contributed by atoms with Gasteiger partial charge in [-0.1, -0.05) is 11.6 Å². The summed E-state index contributed by atoms with van der Waals surface area (Å²) in [7, 11) is 0. The summed E-state index contributed by atoms with van der Waals surface area (Å²) in [5, 5.41) is 4.55. The topological polar surface area (TPSA) is 67.2 Å². The van der Waals surface area contributed by atoms with E-state index in [0.29, 0.717) is 5.95 Å². The van der Waals surface area contributed by atoms with Crippen LogP contribution in [0.1, 0.15) is 36.7 Å². The van der Waals surface area contributed by atoms with Crippen molar-refractivity contribution in [2.24, 2.45) is 0 Å². The summed E-state index contributed by atoms with van der Waals surface area (Å²) in [4.78, 5) is 25.8. The van der Waals surface area contributed by atoms with Crippen LogP contribution in [0.4, 0.5) is 11.8 Å². The summed E-state index contributed by atoms with van der Waals surface area (Å²) < 4.78 is 1.84. The first-order chi connectivity index (χ1) is 11.6. The summed E-state index contributed by atoms with van der Waals surface area (Å²) in [6.45, 7) is 4.68. The molecule has 0 aliphatic carbocycles. The molecule has 24 heavy (non-hydrogen) atoms. The van der Waals surface area contributed by atoms with E-state index in [0.717, 1.165) is 44.7 Å². The predicted molar refractivity (Wildman–Crippen MR) is 91.6 cm³/mol. The Morgan fingerprint density at radius 1 is 1.29 bits per heavy atom. The lowest BCUT2D eigenvalue weighted by Crippen LogP contribution is -2.44. The Kier molecular flexibility index (Phi) is 3.88. The van der Waals surface area contributed by atoms with Gasteiger partial charge in [0.05, 0.1) is 17.4 Å². The fraction of sp³-hybridized carbons (Fsp3) is 0.500. The number of anilines is 2. The molecule has 1 saturated heterocycles. The van der Waals surface area contributed by atoms with E-state index in [1.807, 2.05) is 17.7 Å². The molecular formula is C16H19ClN6O. The molecule has 2 aliphatic rings. The molecule has 7 nitrogen and oxygen atoms in total. The van der Waals surface area contributed by atoms with Crippen LogP contribution in [0.2, 0.25) is 5.02 Å². The predicted octanol–water partition coefficient (Wildman–Crippen LogP) is 2.37. The van der Waals surface area contributed by atoms with Crippen molar-refractivity contribution < 1.29 is 4.79 Å². The highest BCUT2D eigenvalue weighted by Gasteiger charge is 2.32. The highest BCUT2D eigenvalue weighted by Crippen LogP contribution is 2.28. The molecule has 1 amide bonds. The number of hydrogen-bond acceptors (Lipinski definition) is 5. The summed E-state index contributed by atoms with van der Waals surface area (Å²) in [5.74, 6) is 1.17. The lowest BCUT2D eigenvalue weighted by Gasteiger charge is -2.33. The van der Waals surface area contributed by atoms with Crippen molar-refractivity contribution in [1.82, 2.24) is 19.7 Å². The van der Waals surface area contributed by atoms with Gasteiger partial charge in [-0.25, -0.2) is 14.6 Å². The average Bonchev–Trinajstić information content (AvgIpc) is 3.26. The van der Waals surface area contributed by atoms with Crippen LogP contribution in [0, 0.1) is 0 Å². The van der Waals surface area contributed by atoms with Crippen LogP contribution < -0.4 is 9.80 Å². The van der Waals surface area contributed by atoms with Crippen LogP contribution in [0.5, 0.6) is 0 Å². The van der Waals surface area contributed by atoms with E-state index in [1.54, 1.807) is 11.1 Å². The van der Waals surface area contributed by atoms with Crippen LogP contribution in [0.3, 0.4) is 0 Å². The minimum absolute atomic E-state index is 0.0722. The molecule has 8 heteroatoms. The van der Waals surface area contributed by atoms with E-state index >= 15 is 0 Å². The van der Waals surface area contributed by atoms with Crippen LogP contribution in [0.15, 0.2) is 18.5 Å². The Morgan fingerprint density at radius 2 is 2.08 bits per heavy atom. The first-order valence-electron chi connectivity index (χ1n) is 8.28. The molecule has 0 spiro atoms. The van der Waals surface area contributed by atoms with Crippen LogP contribution in [-0.2, 0) is 6.54 Å². The number of amides is 1. The van der Waals surface area contributed by atoms with Crippen molar-refractivity contribution in [3.63, 3.8) is 0 Å². The fourth-order valence-corrected chi connectivity index (χ4v) is 3.53. The van der Waals surface area contributed by atoms with Crippen molar-refractivity contribution in [2.75, 3.05) is 22.9 Å². The average molecular weight is 347 g/mol. The molecule has 0 radical (unpaired) electrons. The maximum absolute atomic E-state index is 13.2. The number of aryl methyl sites for hydroxylation is 1. The standard InChI is InChI=1S/C16H19ClN6O/c1-11-5-9-22-13(4-6-19-22)23(11)15(24)14-12(17)10-18-16(20-14)21-7-2-3-8-21/h4,6,10-11H,2-3,5,7-9H2,1H3. The number of rotatable bonds is 2. The molecule has 0 bridgehead atoms. The molecule has 4 rings (SSSR count). The van der Waals surface area contributed by atoms with E-state index in [9.17, 15) is 4.79 Å². The Labute approximate surface area is 145 Å². The van der Waals surface area contributed by atoms with E-state index in [2.05, 4.69) is 20.0 Å². The van der Waals surface area contributed by atoms with Crippen molar-refractivity contribution in [3.8, 4) is 0 Å². The second-order valence-electron chi connectivity index (χ2n) is 6.29. The zero-order valence-electron chi connectivity index (χ0n) is 13.5. The van der Waals surface area contributed by atoms with E-state index in [-0.39, 0.29) is 22.7 Å². The molecule has 1 fully saturated rings. The number of hydrogen-bond donors (Lipinski definition) is 0. The molecule has 0 saturated carbocycles. The molecule has 0 aromatic carbocycles. The van der Waals surface area contributed by atoms with Gasteiger partial charge in [0, 0.05) is 31.7 Å². The minimum Gasteiger partial charge on any atom is -0.341 e. The number of aromatic nitrogens is 4. The summed E-state index contributed by atoms with van der Waals surface area (Å²) in [6, 6.07) is 1.92. The van der Waals surface area contributed by atoms with Gasteiger partial charge < -0.3 is 4.90 Å². The number of fused-ring (bicyclic) bond motifs is 1. The van der Waals surface area contributed by atoms with Gasteiger partial charge in [-0.15, -0.1) is 0 Å². The van der Waals surface area contributed by atoms with Gasteiger partial charge in [0.1, 0.15) is 5.82 Å². The normalized spacial score (nSPS) is 20.3. The summed E-state index contributed by atoms with van der Waals surface area (Å²) in [5.41, 5.74) is 0.259. The SMILES string of the molecule is CC1CCn2nccc2N1C(=O)c1nc(N2CCCC2)ncc1Cl. The van der Waals surface area contributed by atoms with Gasteiger partial charge in [-0.3, -0.25) is 9.69 Å². The van der Waals surface area contributed by atoms with Gasteiger partial charge in [-0.2, -0.15) is 5.10 Å². The van der Waals surface area contributed by atoms with Gasteiger partial charge in [0.25, 0.3) is 5.91 Å². The first-order valence-corrected chi connectivity index (χ1v) is 8.66. The van der Waals surface area contributed by atoms with Gasteiger partial charge in [0.15, 0.2) is 5.69 Å². The monoisotopic (exact) mass is 346 g/mol. The quantitative estimate of drug-likeness (QED) is 0.835. The zero-order valence-corrected chi connectivity index (χ0v) is 14.3. The van der Waals surface area contributed by atoms with Gasteiger partial charge >= 0.3 is 0 Å². The lowest BCUT2D eigenvalue weighted by atomic mass is 10.1. The van der Waals surface area contributed by atoms with E-state index in [4.69, 9.17) is 11.6 Å². The lowest BCUT2D eigenvalue weighted by molar-refractivity contribution is 0.0965. The largest absolute Gasteiger partial charge is 0.341 e. The number of carbonyl (C=O) groups excluding carboxylic acids is 1. The Hall–Kier alpha value is -2.15. The highest BCUT2D eigenvalue weighted by atomic mass is 35.5. The molecule has 2 aromatic rings. The third-order valence-corrected chi connectivity index (χ3v) is 4.96. The summed E-state index contributed by atoms with van der Waals surface area (Å²) in [6.07, 6.45) is 6.34.